The maximum atomic E-state index is 16.6. The minimum atomic E-state index is -0.443. The first-order valence-corrected chi connectivity index (χ1v) is 15.1. The van der Waals surface area contributed by atoms with Crippen LogP contribution in [0.2, 0.25) is 0 Å². The van der Waals surface area contributed by atoms with E-state index in [9.17, 15) is 0 Å². The first kappa shape index (κ1) is 27.8. The summed E-state index contributed by atoms with van der Waals surface area (Å²) in [6.07, 6.45) is 14.9. The molecule has 1 aromatic carbocycles. The smallest absolute Gasteiger partial charge is 0.159 e. The predicted octanol–water partition coefficient (Wildman–Crippen LogP) is 4.54. The number of pyridine rings is 3. The van der Waals surface area contributed by atoms with Crippen LogP contribution in [0.25, 0.3) is 16.8 Å². The molecule has 0 spiro atoms. The van der Waals surface area contributed by atoms with E-state index in [1.165, 1.54) is 5.56 Å². The standard InChI is InChI=1S/C36H30FN9/c1-38-28-13-29(45-36-31(28)26(9-10-27-35(36)44-27)23-8-5-11-39-17-23)34-30-25(20-43-46-34)19-42-33(32(30)37)24-12-22(16-41-18-24)15-40-14-21-6-3-2-4-7-21/h2-13,16-19,28,35,40,43-45H,1,14-15,20H2. The molecule has 10 heteroatoms. The predicted molar refractivity (Wildman–Crippen MR) is 177 cm³/mol. The van der Waals surface area contributed by atoms with Gasteiger partial charge in [0.1, 0.15) is 17.4 Å². The van der Waals surface area contributed by atoms with Crippen LogP contribution in [0.5, 0.6) is 0 Å². The summed E-state index contributed by atoms with van der Waals surface area (Å²) in [5.41, 5.74) is 13.3. The number of nitrogens with one attached hydrogen (secondary N) is 4. The Hall–Kier alpha value is -5.74. The molecule has 0 bridgehead atoms. The molecule has 0 amide bonds. The average molecular weight is 608 g/mol. The Labute approximate surface area is 265 Å². The number of rotatable bonds is 8. The van der Waals surface area contributed by atoms with Crippen LogP contribution in [0, 0.1) is 5.82 Å². The number of benzene rings is 1. The molecule has 46 heavy (non-hydrogen) atoms. The van der Waals surface area contributed by atoms with E-state index in [0.717, 1.165) is 40.2 Å². The van der Waals surface area contributed by atoms with Gasteiger partial charge in [0.2, 0.25) is 0 Å². The summed E-state index contributed by atoms with van der Waals surface area (Å²) < 4.78 is 16.6. The Morgan fingerprint density at radius 1 is 0.957 bits per heavy atom. The molecule has 3 aromatic heterocycles. The van der Waals surface area contributed by atoms with Crippen molar-refractivity contribution in [3.05, 3.63) is 154 Å². The van der Waals surface area contributed by atoms with E-state index in [0.29, 0.717) is 41.2 Å². The van der Waals surface area contributed by atoms with Gasteiger partial charge in [0.25, 0.3) is 0 Å². The van der Waals surface area contributed by atoms with Crippen molar-refractivity contribution < 1.29 is 4.39 Å². The molecule has 226 valence electrons. The highest BCUT2D eigenvalue weighted by molar-refractivity contribution is 6.14. The Morgan fingerprint density at radius 3 is 2.67 bits per heavy atom. The third-order valence-electron chi connectivity index (χ3n) is 8.52. The Kier molecular flexibility index (Phi) is 7.03. The van der Waals surface area contributed by atoms with Gasteiger partial charge < -0.3 is 21.4 Å². The molecule has 9 nitrogen and oxygen atoms in total. The maximum Gasteiger partial charge on any atom is 0.159 e. The van der Waals surface area contributed by atoms with Crippen LogP contribution < -0.4 is 21.4 Å². The van der Waals surface area contributed by atoms with Crippen molar-refractivity contribution in [2.75, 3.05) is 0 Å². The van der Waals surface area contributed by atoms with Crippen LogP contribution in [-0.2, 0) is 19.6 Å². The topological polar surface area (TPSA) is 121 Å². The van der Waals surface area contributed by atoms with Crippen molar-refractivity contribution in [3.8, 4) is 11.3 Å². The summed E-state index contributed by atoms with van der Waals surface area (Å²) in [4.78, 5) is 17.8. The number of fused-ring (bicyclic) bond motifs is 3. The minimum Gasteiger partial charge on any atom is -0.373 e. The van der Waals surface area contributed by atoms with Crippen molar-refractivity contribution in [1.29, 1.82) is 0 Å². The summed E-state index contributed by atoms with van der Waals surface area (Å²) in [7, 11) is 0. The van der Waals surface area contributed by atoms with E-state index in [2.05, 4.69) is 77.4 Å². The van der Waals surface area contributed by atoms with E-state index in [1.54, 1.807) is 24.8 Å². The molecule has 4 N–H and O–H groups in total. The normalized spacial score (nSPS) is 19.3. The molecule has 4 aromatic rings. The van der Waals surface area contributed by atoms with E-state index in [-0.39, 0.29) is 11.7 Å². The number of aromatic nitrogens is 3. The third-order valence-corrected chi connectivity index (χ3v) is 8.52. The molecule has 6 heterocycles. The van der Waals surface area contributed by atoms with Crippen molar-refractivity contribution in [2.45, 2.75) is 31.7 Å². The van der Waals surface area contributed by atoms with Gasteiger partial charge in [0, 0.05) is 77.6 Å². The molecular formula is C36H30FN9. The van der Waals surface area contributed by atoms with Crippen molar-refractivity contribution in [1.82, 2.24) is 36.3 Å². The fourth-order valence-electron chi connectivity index (χ4n) is 6.23. The second kappa shape index (κ2) is 11.6. The van der Waals surface area contributed by atoms with Crippen LogP contribution in [0.15, 0.2) is 131 Å². The van der Waals surface area contributed by atoms with E-state index < -0.39 is 11.9 Å². The second-order valence-corrected chi connectivity index (χ2v) is 11.5. The zero-order chi connectivity index (χ0) is 31.0. The van der Waals surface area contributed by atoms with Crippen molar-refractivity contribution >= 4 is 18.0 Å². The summed E-state index contributed by atoms with van der Waals surface area (Å²) in [6.45, 7) is 5.59. The van der Waals surface area contributed by atoms with Gasteiger partial charge in [-0.3, -0.25) is 19.9 Å². The molecule has 0 radical (unpaired) electrons. The first-order valence-electron chi connectivity index (χ1n) is 15.1. The number of hydrogen-bond donors (Lipinski definition) is 4. The maximum absolute atomic E-state index is 16.6. The summed E-state index contributed by atoms with van der Waals surface area (Å²) in [5.74, 6) is -0.443. The fraction of sp³-hybridized carbons (Fsp3) is 0.139. The lowest BCUT2D eigenvalue weighted by atomic mass is 9.87. The van der Waals surface area contributed by atoms with E-state index in [1.807, 2.05) is 48.7 Å². The van der Waals surface area contributed by atoms with Crippen LogP contribution in [-0.4, -0.2) is 39.5 Å². The second-order valence-electron chi connectivity index (χ2n) is 11.5. The highest BCUT2D eigenvalue weighted by Crippen LogP contribution is 2.41. The van der Waals surface area contributed by atoms with Gasteiger partial charge in [-0.25, -0.2) is 4.39 Å². The summed E-state index contributed by atoms with van der Waals surface area (Å²) in [6, 6.07) is 15.7. The molecule has 1 aliphatic carbocycles. The van der Waals surface area contributed by atoms with Gasteiger partial charge in [-0.1, -0.05) is 42.5 Å². The average Bonchev–Trinajstić information content (AvgIpc) is 3.90. The minimum absolute atomic E-state index is 0.00726. The van der Waals surface area contributed by atoms with Crippen LogP contribution in [0.1, 0.15) is 27.8 Å². The van der Waals surface area contributed by atoms with Crippen molar-refractivity contribution in [2.24, 2.45) is 10.1 Å². The number of aliphatic imine (C=N–C) groups is 1. The van der Waals surface area contributed by atoms with Gasteiger partial charge in [-0.2, -0.15) is 5.10 Å². The summed E-state index contributed by atoms with van der Waals surface area (Å²) in [5, 5.41) is 15.1. The zero-order valence-corrected chi connectivity index (χ0v) is 24.8. The molecular weight excluding hydrogens is 577 g/mol. The van der Waals surface area contributed by atoms with Gasteiger partial charge in [-0.15, -0.1) is 0 Å². The molecule has 2 atom stereocenters. The van der Waals surface area contributed by atoms with Gasteiger partial charge in [-0.05, 0) is 47.7 Å². The highest BCUT2D eigenvalue weighted by atomic mass is 19.1. The van der Waals surface area contributed by atoms with Gasteiger partial charge in [0.05, 0.1) is 24.0 Å². The number of nitrogens with zero attached hydrogens (tertiary/aromatic N) is 5. The first-order chi connectivity index (χ1) is 22.7. The highest BCUT2D eigenvalue weighted by Gasteiger charge is 2.41. The fourth-order valence-corrected chi connectivity index (χ4v) is 6.23. The lowest BCUT2D eigenvalue weighted by Gasteiger charge is -2.30. The number of allylic oxidation sites excluding steroid dienone is 3. The van der Waals surface area contributed by atoms with Gasteiger partial charge >= 0.3 is 0 Å². The van der Waals surface area contributed by atoms with Crippen LogP contribution in [0.4, 0.5) is 4.39 Å². The lowest BCUT2D eigenvalue weighted by molar-refractivity contribution is 0.609. The number of dihydropyridines is 1. The van der Waals surface area contributed by atoms with E-state index >= 15 is 4.39 Å². The molecule has 0 saturated carbocycles. The molecule has 2 unspecified atom stereocenters. The Balaban J connectivity index is 1.11. The SMILES string of the molecule is C=NC1C=C(C2=NNCc3cnc(-c4cncc(CNCc5ccccc5)c4)c(F)c32)NC2=C1C(c1cccnc1)=CC=C1NC12. The lowest BCUT2D eigenvalue weighted by Crippen LogP contribution is -2.36. The van der Waals surface area contributed by atoms with Gasteiger partial charge in [0.15, 0.2) is 5.82 Å². The van der Waals surface area contributed by atoms with Crippen LogP contribution in [0.3, 0.4) is 0 Å². The third kappa shape index (κ3) is 5.08. The van der Waals surface area contributed by atoms with Crippen molar-refractivity contribution in [3.63, 3.8) is 0 Å². The zero-order valence-electron chi connectivity index (χ0n) is 24.8. The Bertz CT molecular complexity index is 2010. The monoisotopic (exact) mass is 607 g/mol. The molecule has 8 rings (SSSR count). The quantitative estimate of drug-likeness (QED) is 0.172. The van der Waals surface area contributed by atoms with E-state index in [4.69, 9.17) is 0 Å². The molecule has 3 aliphatic heterocycles. The molecule has 1 saturated heterocycles. The number of hydrazone groups is 1. The number of halogens is 1. The van der Waals surface area contributed by atoms with Crippen LogP contribution >= 0.6 is 0 Å². The number of hydrogen-bond acceptors (Lipinski definition) is 9. The molecule has 4 aliphatic rings. The molecule has 1 fully saturated rings. The summed E-state index contributed by atoms with van der Waals surface area (Å²) >= 11 is 0. The Morgan fingerprint density at radius 2 is 1.83 bits per heavy atom. The largest absolute Gasteiger partial charge is 0.373 e.